The summed E-state index contributed by atoms with van der Waals surface area (Å²) in [7, 11) is 0. The minimum Gasteiger partial charge on any atom is -0.382 e. The second-order valence-electron chi connectivity index (χ2n) is 5.89. The highest BCUT2D eigenvalue weighted by atomic mass is 16.2. The molecular weight excluding hydrogens is 272 g/mol. The number of benzene rings is 2. The number of piperidine rings is 1. The van der Waals surface area contributed by atoms with Crippen molar-refractivity contribution in [1.82, 2.24) is 4.90 Å². The fourth-order valence-electron chi connectivity index (χ4n) is 2.98. The van der Waals surface area contributed by atoms with E-state index in [1.54, 1.807) is 0 Å². The molecule has 3 nitrogen and oxygen atoms in total. The molecule has 0 saturated carbocycles. The molecule has 0 atom stereocenters. The van der Waals surface area contributed by atoms with Crippen LogP contribution in [0.4, 0.5) is 5.69 Å². The Morgan fingerprint density at radius 3 is 2.32 bits per heavy atom. The first-order chi connectivity index (χ1) is 10.7. The van der Waals surface area contributed by atoms with Crippen molar-refractivity contribution in [2.75, 3.05) is 18.4 Å². The summed E-state index contributed by atoms with van der Waals surface area (Å²) in [6.45, 7) is 3.63. The molecule has 1 heterocycles. The zero-order chi connectivity index (χ0) is 15.4. The number of likely N-dealkylation sites (tertiary alicyclic amines) is 1. The summed E-state index contributed by atoms with van der Waals surface area (Å²) in [5, 5.41) is 3.55. The number of nitrogens with zero attached hydrogens (tertiary/aromatic N) is 1. The minimum absolute atomic E-state index is 0.163. The van der Waals surface area contributed by atoms with E-state index in [9.17, 15) is 4.79 Å². The van der Waals surface area contributed by atoms with Crippen LogP contribution in [0.2, 0.25) is 0 Å². The molecule has 0 aromatic heterocycles. The number of hydrogen-bond donors (Lipinski definition) is 1. The summed E-state index contributed by atoms with van der Waals surface area (Å²) in [6.07, 6.45) is 1.99. The standard InChI is InChI=1S/C19H22N2O/c1-15-7-5-6-10-18(15)19(22)21-13-11-17(12-14-21)20-16-8-3-2-4-9-16/h2-10,17,20H,11-14H2,1H3. The smallest absolute Gasteiger partial charge is 0.254 e. The zero-order valence-electron chi connectivity index (χ0n) is 13.0. The maximum Gasteiger partial charge on any atom is 0.254 e. The van der Waals surface area contributed by atoms with Crippen LogP contribution in [0, 0.1) is 6.92 Å². The average Bonchev–Trinajstić information content (AvgIpc) is 2.56. The molecule has 0 spiro atoms. The third kappa shape index (κ3) is 3.30. The molecule has 1 saturated heterocycles. The maximum atomic E-state index is 12.6. The zero-order valence-corrected chi connectivity index (χ0v) is 13.0. The molecule has 0 radical (unpaired) electrons. The molecule has 0 aliphatic carbocycles. The fourth-order valence-corrected chi connectivity index (χ4v) is 2.98. The van der Waals surface area contributed by atoms with Crippen LogP contribution in [-0.4, -0.2) is 29.9 Å². The van der Waals surface area contributed by atoms with Crippen molar-refractivity contribution in [3.05, 3.63) is 65.7 Å². The molecule has 2 aromatic carbocycles. The highest BCUT2D eigenvalue weighted by Crippen LogP contribution is 2.19. The average molecular weight is 294 g/mol. The van der Waals surface area contributed by atoms with Crippen LogP contribution < -0.4 is 5.32 Å². The van der Waals surface area contributed by atoms with Gasteiger partial charge in [-0.15, -0.1) is 0 Å². The van der Waals surface area contributed by atoms with Gasteiger partial charge in [0.2, 0.25) is 0 Å². The van der Waals surface area contributed by atoms with Crippen LogP contribution >= 0.6 is 0 Å². The summed E-state index contributed by atoms with van der Waals surface area (Å²) >= 11 is 0. The number of carbonyl (C=O) groups is 1. The van der Waals surface area contributed by atoms with E-state index in [-0.39, 0.29) is 5.91 Å². The molecule has 1 amide bonds. The summed E-state index contributed by atoms with van der Waals surface area (Å²) < 4.78 is 0. The first-order valence-electron chi connectivity index (χ1n) is 7.90. The molecule has 114 valence electrons. The monoisotopic (exact) mass is 294 g/mol. The van der Waals surface area contributed by atoms with E-state index >= 15 is 0 Å². The number of rotatable bonds is 3. The SMILES string of the molecule is Cc1ccccc1C(=O)N1CCC(Nc2ccccc2)CC1. The summed E-state index contributed by atoms with van der Waals surface area (Å²) in [5.74, 6) is 0.163. The van der Waals surface area contributed by atoms with E-state index in [1.807, 2.05) is 54.3 Å². The number of anilines is 1. The molecule has 0 unspecified atom stereocenters. The summed E-state index contributed by atoms with van der Waals surface area (Å²) in [5.41, 5.74) is 3.04. The van der Waals surface area contributed by atoms with Gasteiger partial charge in [-0.25, -0.2) is 0 Å². The second kappa shape index (κ2) is 6.65. The Labute approximate surface area is 132 Å². The van der Waals surface area contributed by atoms with Gasteiger partial charge in [0, 0.05) is 30.4 Å². The Kier molecular flexibility index (Phi) is 4.42. The van der Waals surface area contributed by atoms with Crippen molar-refractivity contribution in [1.29, 1.82) is 0 Å². The third-order valence-corrected chi connectivity index (χ3v) is 4.30. The second-order valence-corrected chi connectivity index (χ2v) is 5.89. The van der Waals surface area contributed by atoms with Gasteiger partial charge < -0.3 is 10.2 Å². The van der Waals surface area contributed by atoms with Crippen LogP contribution in [0.1, 0.15) is 28.8 Å². The molecule has 3 rings (SSSR count). The molecule has 0 bridgehead atoms. The molecule has 22 heavy (non-hydrogen) atoms. The fraction of sp³-hybridized carbons (Fsp3) is 0.316. The molecule has 1 N–H and O–H groups in total. The Balaban J connectivity index is 1.58. The molecule has 3 heteroatoms. The lowest BCUT2D eigenvalue weighted by molar-refractivity contribution is 0.0718. The number of aryl methyl sites for hydroxylation is 1. The van der Waals surface area contributed by atoms with Gasteiger partial charge in [-0.2, -0.15) is 0 Å². The van der Waals surface area contributed by atoms with Crippen molar-refractivity contribution in [2.24, 2.45) is 0 Å². The van der Waals surface area contributed by atoms with Gasteiger partial charge in [0.15, 0.2) is 0 Å². The van der Waals surface area contributed by atoms with Gasteiger partial charge >= 0.3 is 0 Å². The Morgan fingerprint density at radius 1 is 1.00 bits per heavy atom. The highest BCUT2D eigenvalue weighted by molar-refractivity contribution is 5.95. The Bertz CT molecular complexity index is 631. The predicted octanol–water partition coefficient (Wildman–Crippen LogP) is 3.71. The first kappa shape index (κ1) is 14.6. The van der Waals surface area contributed by atoms with Crippen molar-refractivity contribution in [3.63, 3.8) is 0 Å². The van der Waals surface area contributed by atoms with Crippen molar-refractivity contribution >= 4 is 11.6 Å². The van der Waals surface area contributed by atoms with Gasteiger partial charge in [-0.3, -0.25) is 4.79 Å². The Hall–Kier alpha value is -2.29. The van der Waals surface area contributed by atoms with Crippen LogP contribution in [0.25, 0.3) is 0 Å². The maximum absolute atomic E-state index is 12.6. The molecule has 1 aliphatic heterocycles. The van der Waals surface area contributed by atoms with E-state index in [2.05, 4.69) is 17.4 Å². The number of hydrogen-bond acceptors (Lipinski definition) is 2. The molecule has 2 aromatic rings. The van der Waals surface area contributed by atoms with Gasteiger partial charge in [0.25, 0.3) is 5.91 Å². The van der Waals surface area contributed by atoms with Gasteiger partial charge in [-0.1, -0.05) is 36.4 Å². The topological polar surface area (TPSA) is 32.3 Å². The van der Waals surface area contributed by atoms with Crippen molar-refractivity contribution in [3.8, 4) is 0 Å². The van der Waals surface area contributed by atoms with Crippen LogP contribution in [0.5, 0.6) is 0 Å². The summed E-state index contributed by atoms with van der Waals surface area (Å²) in [6, 6.07) is 18.6. The third-order valence-electron chi connectivity index (χ3n) is 4.30. The van der Waals surface area contributed by atoms with Crippen LogP contribution in [-0.2, 0) is 0 Å². The molecular formula is C19H22N2O. The van der Waals surface area contributed by atoms with Crippen molar-refractivity contribution in [2.45, 2.75) is 25.8 Å². The van der Waals surface area contributed by atoms with E-state index < -0.39 is 0 Å². The lowest BCUT2D eigenvalue weighted by atomic mass is 10.0. The van der Waals surface area contributed by atoms with E-state index in [1.165, 1.54) is 0 Å². The Morgan fingerprint density at radius 2 is 1.64 bits per heavy atom. The highest BCUT2D eigenvalue weighted by Gasteiger charge is 2.24. The van der Waals surface area contributed by atoms with E-state index in [0.717, 1.165) is 42.7 Å². The van der Waals surface area contributed by atoms with Crippen LogP contribution in [0.15, 0.2) is 54.6 Å². The lowest BCUT2D eigenvalue weighted by Crippen LogP contribution is -2.42. The lowest BCUT2D eigenvalue weighted by Gasteiger charge is -2.33. The number of carbonyl (C=O) groups excluding carboxylic acids is 1. The molecule has 1 aliphatic rings. The van der Waals surface area contributed by atoms with Gasteiger partial charge in [-0.05, 0) is 43.5 Å². The van der Waals surface area contributed by atoms with Crippen molar-refractivity contribution < 1.29 is 4.79 Å². The number of nitrogens with one attached hydrogen (secondary N) is 1. The largest absolute Gasteiger partial charge is 0.382 e. The van der Waals surface area contributed by atoms with E-state index in [4.69, 9.17) is 0 Å². The van der Waals surface area contributed by atoms with E-state index in [0.29, 0.717) is 6.04 Å². The van der Waals surface area contributed by atoms with Gasteiger partial charge in [0.05, 0.1) is 0 Å². The summed E-state index contributed by atoms with van der Waals surface area (Å²) in [4.78, 5) is 14.6. The number of amides is 1. The molecule has 1 fully saturated rings. The quantitative estimate of drug-likeness (QED) is 0.936. The predicted molar refractivity (Wildman–Crippen MR) is 90.2 cm³/mol. The normalized spacial score (nSPS) is 15.6. The first-order valence-corrected chi connectivity index (χ1v) is 7.90. The minimum atomic E-state index is 0.163. The van der Waals surface area contributed by atoms with Crippen LogP contribution in [0.3, 0.4) is 0 Å². The number of para-hydroxylation sites is 1. The van der Waals surface area contributed by atoms with Gasteiger partial charge in [0.1, 0.15) is 0 Å².